The summed E-state index contributed by atoms with van der Waals surface area (Å²) >= 11 is 0. The second-order valence-corrected chi connectivity index (χ2v) is 4.96. The molecule has 0 radical (unpaired) electrons. The van der Waals surface area contributed by atoms with Crippen LogP contribution in [0.4, 0.5) is 0 Å². The van der Waals surface area contributed by atoms with Crippen LogP contribution in [0.2, 0.25) is 0 Å². The molecule has 0 aromatic carbocycles. The number of nitrogens with one attached hydrogen (secondary N) is 1. The highest BCUT2D eigenvalue weighted by atomic mass is 15.3. The van der Waals surface area contributed by atoms with Gasteiger partial charge in [-0.05, 0) is 25.8 Å². The lowest BCUT2D eigenvalue weighted by Gasteiger charge is -2.21. The van der Waals surface area contributed by atoms with E-state index in [1.807, 2.05) is 4.68 Å². The highest BCUT2D eigenvalue weighted by Crippen LogP contribution is 2.25. The van der Waals surface area contributed by atoms with E-state index in [0.717, 1.165) is 31.4 Å². The smallest absolute Gasteiger partial charge is 0.140 e. The maximum atomic E-state index is 4.26. The summed E-state index contributed by atoms with van der Waals surface area (Å²) in [4.78, 5) is 4.26. The average molecular weight is 236 g/mol. The van der Waals surface area contributed by atoms with Crippen LogP contribution >= 0.6 is 0 Å². The Hall–Kier alpha value is -0.900. The molecule has 0 saturated heterocycles. The van der Waals surface area contributed by atoms with Crippen molar-refractivity contribution < 1.29 is 0 Å². The van der Waals surface area contributed by atoms with E-state index >= 15 is 0 Å². The van der Waals surface area contributed by atoms with E-state index in [-0.39, 0.29) is 0 Å². The first-order chi connectivity index (χ1) is 8.40. The van der Waals surface area contributed by atoms with Gasteiger partial charge in [0, 0.05) is 6.54 Å². The fourth-order valence-electron chi connectivity index (χ4n) is 2.67. The van der Waals surface area contributed by atoms with Crippen LogP contribution in [-0.4, -0.2) is 21.3 Å². The summed E-state index contributed by atoms with van der Waals surface area (Å²) < 4.78 is 1.95. The number of rotatable bonds is 6. The molecule has 1 N–H and O–H groups in total. The molecule has 1 heterocycles. The van der Waals surface area contributed by atoms with E-state index < -0.39 is 0 Å². The largest absolute Gasteiger partial charge is 0.310 e. The molecular weight excluding hydrogens is 212 g/mol. The van der Waals surface area contributed by atoms with Crippen molar-refractivity contribution in [3.63, 3.8) is 0 Å². The lowest BCUT2D eigenvalue weighted by molar-refractivity contribution is 0.333. The summed E-state index contributed by atoms with van der Waals surface area (Å²) in [7, 11) is 0. The molecule has 1 aromatic rings. The molecule has 1 fully saturated rings. The summed E-state index contributed by atoms with van der Waals surface area (Å²) in [5.74, 6) is 2.01. The monoisotopic (exact) mass is 236 g/mol. The van der Waals surface area contributed by atoms with Crippen LogP contribution in [0.25, 0.3) is 0 Å². The molecule has 1 aliphatic carbocycles. The topological polar surface area (TPSA) is 42.7 Å². The van der Waals surface area contributed by atoms with Crippen LogP contribution in [0.1, 0.15) is 51.3 Å². The summed E-state index contributed by atoms with van der Waals surface area (Å²) in [6.45, 7) is 4.96. The van der Waals surface area contributed by atoms with Crippen molar-refractivity contribution >= 4 is 0 Å². The van der Waals surface area contributed by atoms with Crippen molar-refractivity contribution in [2.45, 2.75) is 58.5 Å². The first-order valence-corrected chi connectivity index (χ1v) is 6.97. The van der Waals surface area contributed by atoms with Gasteiger partial charge in [0.2, 0.25) is 0 Å². The van der Waals surface area contributed by atoms with Gasteiger partial charge in [0.15, 0.2) is 0 Å². The number of hydrogen-bond acceptors (Lipinski definition) is 3. The number of aromatic nitrogens is 3. The Morgan fingerprint density at radius 3 is 2.94 bits per heavy atom. The van der Waals surface area contributed by atoms with Gasteiger partial charge in [0.25, 0.3) is 0 Å². The zero-order valence-electron chi connectivity index (χ0n) is 10.9. The van der Waals surface area contributed by atoms with E-state index in [1.54, 1.807) is 6.33 Å². The highest BCUT2D eigenvalue weighted by molar-refractivity contribution is 4.83. The lowest BCUT2D eigenvalue weighted by Crippen LogP contribution is -2.21. The lowest BCUT2D eigenvalue weighted by atomic mass is 9.87. The first kappa shape index (κ1) is 12.6. The molecule has 0 atom stereocenters. The maximum Gasteiger partial charge on any atom is 0.140 e. The predicted molar refractivity (Wildman–Crippen MR) is 68.6 cm³/mol. The van der Waals surface area contributed by atoms with Crippen molar-refractivity contribution in [3.8, 4) is 0 Å². The minimum Gasteiger partial charge on any atom is -0.310 e. The van der Waals surface area contributed by atoms with E-state index in [2.05, 4.69) is 22.3 Å². The maximum absolute atomic E-state index is 4.26. The predicted octanol–water partition coefficient (Wildman–Crippen LogP) is 2.36. The zero-order valence-corrected chi connectivity index (χ0v) is 10.9. The van der Waals surface area contributed by atoms with Gasteiger partial charge < -0.3 is 5.32 Å². The molecule has 17 heavy (non-hydrogen) atoms. The van der Waals surface area contributed by atoms with Gasteiger partial charge in [-0.15, -0.1) is 0 Å². The van der Waals surface area contributed by atoms with Crippen molar-refractivity contribution in [2.75, 3.05) is 6.54 Å². The van der Waals surface area contributed by atoms with Crippen LogP contribution in [0, 0.1) is 5.92 Å². The Morgan fingerprint density at radius 1 is 1.35 bits per heavy atom. The average Bonchev–Trinajstić information content (AvgIpc) is 2.83. The molecule has 1 saturated carbocycles. The summed E-state index contributed by atoms with van der Waals surface area (Å²) in [5.41, 5.74) is 0. The van der Waals surface area contributed by atoms with Crippen LogP contribution in [0.15, 0.2) is 6.33 Å². The normalized spacial score (nSPS) is 17.5. The number of aryl methyl sites for hydroxylation is 1. The number of nitrogens with zero attached hydrogens (tertiary/aromatic N) is 3. The van der Waals surface area contributed by atoms with Gasteiger partial charge in [-0.1, -0.05) is 32.1 Å². The second kappa shape index (κ2) is 6.74. The third kappa shape index (κ3) is 3.80. The van der Waals surface area contributed by atoms with Crippen molar-refractivity contribution in [1.82, 2.24) is 20.1 Å². The second-order valence-electron chi connectivity index (χ2n) is 4.96. The molecule has 0 unspecified atom stereocenters. The standard InChI is InChI=1S/C13H24N4/c1-2-17-13(15-11-16-17)10-14-9-8-12-6-4-3-5-7-12/h11-12,14H,2-10H2,1H3. The van der Waals surface area contributed by atoms with Gasteiger partial charge >= 0.3 is 0 Å². The van der Waals surface area contributed by atoms with E-state index in [1.165, 1.54) is 38.5 Å². The molecular formula is C13H24N4. The van der Waals surface area contributed by atoms with E-state index in [0.29, 0.717) is 0 Å². The number of hydrogen-bond donors (Lipinski definition) is 1. The van der Waals surface area contributed by atoms with E-state index in [4.69, 9.17) is 0 Å². The SMILES string of the molecule is CCn1ncnc1CNCCC1CCCCC1. The molecule has 0 aliphatic heterocycles. The summed E-state index contributed by atoms with van der Waals surface area (Å²) in [6.07, 6.45) is 10.2. The fraction of sp³-hybridized carbons (Fsp3) is 0.846. The molecule has 4 heteroatoms. The van der Waals surface area contributed by atoms with Gasteiger partial charge in [-0.3, -0.25) is 0 Å². The Labute approximate surface area is 104 Å². The molecule has 0 spiro atoms. The van der Waals surface area contributed by atoms with Gasteiger partial charge in [-0.25, -0.2) is 9.67 Å². The third-order valence-electron chi connectivity index (χ3n) is 3.73. The zero-order chi connectivity index (χ0) is 11.9. The Morgan fingerprint density at radius 2 is 2.18 bits per heavy atom. The van der Waals surface area contributed by atoms with Gasteiger partial charge in [-0.2, -0.15) is 5.10 Å². The molecule has 1 aromatic heterocycles. The molecule has 96 valence electrons. The van der Waals surface area contributed by atoms with Gasteiger partial charge in [0.1, 0.15) is 12.2 Å². The Kier molecular flexibility index (Phi) is 4.98. The molecule has 4 nitrogen and oxygen atoms in total. The summed E-state index contributed by atoms with van der Waals surface area (Å²) in [5, 5.41) is 7.66. The minimum absolute atomic E-state index is 0.848. The molecule has 2 rings (SSSR count). The van der Waals surface area contributed by atoms with Gasteiger partial charge in [0.05, 0.1) is 6.54 Å². The first-order valence-electron chi connectivity index (χ1n) is 6.97. The van der Waals surface area contributed by atoms with Crippen molar-refractivity contribution in [2.24, 2.45) is 5.92 Å². The Bertz CT molecular complexity index is 315. The fourth-order valence-corrected chi connectivity index (χ4v) is 2.67. The van der Waals surface area contributed by atoms with Crippen LogP contribution in [0.5, 0.6) is 0 Å². The van der Waals surface area contributed by atoms with Crippen LogP contribution in [-0.2, 0) is 13.1 Å². The van der Waals surface area contributed by atoms with Crippen molar-refractivity contribution in [1.29, 1.82) is 0 Å². The highest BCUT2D eigenvalue weighted by Gasteiger charge is 2.12. The van der Waals surface area contributed by atoms with Crippen LogP contribution < -0.4 is 5.32 Å². The van der Waals surface area contributed by atoms with Crippen LogP contribution in [0.3, 0.4) is 0 Å². The molecule has 0 amide bonds. The van der Waals surface area contributed by atoms with Crippen molar-refractivity contribution in [3.05, 3.63) is 12.2 Å². The quantitative estimate of drug-likeness (QED) is 0.771. The molecule has 1 aliphatic rings. The molecule has 0 bridgehead atoms. The van der Waals surface area contributed by atoms with E-state index in [9.17, 15) is 0 Å². The minimum atomic E-state index is 0.848. The Balaban J connectivity index is 1.62. The summed E-state index contributed by atoms with van der Waals surface area (Å²) in [6, 6.07) is 0. The third-order valence-corrected chi connectivity index (χ3v) is 3.73.